The molecule has 2 heteroatoms. The molecule has 0 atom stereocenters. The van der Waals surface area contributed by atoms with Gasteiger partial charge in [-0.15, -0.1) is 11.3 Å². The van der Waals surface area contributed by atoms with Crippen LogP contribution in [-0.4, -0.2) is 0 Å². The molecule has 2 rings (SSSR count). The van der Waals surface area contributed by atoms with E-state index >= 15 is 0 Å². The van der Waals surface area contributed by atoms with Crippen LogP contribution in [0.1, 0.15) is 16.4 Å². The van der Waals surface area contributed by atoms with E-state index in [2.05, 4.69) is 17.5 Å². The van der Waals surface area contributed by atoms with E-state index in [0.717, 1.165) is 11.5 Å². The molecule has 0 radical (unpaired) electrons. The van der Waals surface area contributed by atoms with Gasteiger partial charge in [0.25, 0.3) is 0 Å². The molecule has 2 heterocycles. The topological polar surface area (TPSA) is 13.1 Å². The maximum absolute atomic E-state index is 5.40. The molecular weight excluding hydrogens is 180 g/mol. The van der Waals surface area contributed by atoms with Gasteiger partial charge in [-0.1, -0.05) is 6.07 Å². The van der Waals surface area contributed by atoms with E-state index in [1.54, 1.807) is 11.3 Å². The molecule has 0 aliphatic heterocycles. The highest BCUT2D eigenvalue weighted by atomic mass is 32.1. The first-order valence-corrected chi connectivity index (χ1v) is 5.00. The molecule has 0 aliphatic carbocycles. The summed E-state index contributed by atoms with van der Waals surface area (Å²) in [6.07, 6.45) is 4.04. The molecular formula is C11H10OS. The Kier molecular flexibility index (Phi) is 2.32. The first-order valence-electron chi connectivity index (χ1n) is 4.12. The molecule has 66 valence electrons. The van der Waals surface area contributed by atoms with Crippen LogP contribution in [0.25, 0.3) is 12.2 Å². The lowest BCUT2D eigenvalue weighted by atomic mass is 10.3. The first-order chi connectivity index (χ1) is 6.34. The van der Waals surface area contributed by atoms with E-state index in [4.69, 9.17) is 4.42 Å². The molecule has 13 heavy (non-hydrogen) atoms. The molecule has 0 spiro atoms. The van der Waals surface area contributed by atoms with Crippen molar-refractivity contribution in [3.8, 4) is 0 Å². The van der Waals surface area contributed by atoms with E-state index in [1.807, 2.05) is 31.2 Å². The summed E-state index contributed by atoms with van der Waals surface area (Å²) in [6, 6.07) is 8.06. The molecule has 2 aromatic heterocycles. The van der Waals surface area contributed by atoms with Crippen LogP contribution < -0.4 is 0 Å². The van der Waals surface area contributed by atoms with Crippen LogP contribution in [0.15, 0.2) is 34.1 Å². The van der Waals surface area contributed by atoms with Crippen LogP contribution in [0, 0.1) is 6.92 Å². The predicted octanol–water partition coefficient (Wildman–Crippen LogP) is 3.82. The molecule has 0 fully saturated rings. The minimum Gasteiger partial charge on any atom is -0.462 e. The Bertz CT molecular complexity index is 395. The van der Waals surface area contributed by atoms with E-state index in [-0.39, 0.29) is 0 Å². The van der Waals surface area contributed by atoms with Crippen LogP contribution in [0.3, 0.4) is 0 Å². The molecule has 0 amide bonds. The van der Waals surface area contributed by atoms with Crippen molar-refractivity contribution in [2.45, 2.75) is 6.92 Å². The molecule has 0 N–H and O–H groups in total. The van der Waals surface area contributed by atoms with Gasteiger partial charge in [0, 0.05) is 4.88 Å². The molecule has 0 bridgehead atoms. The fourth-order valence-electron chi connectivity index (χ4n) is 1.09. The number of thiophene rings is 1. The lowest BCUT2D eigenvalue weighted by molar-refractivity contribution is 0.525. The zero-order valence-corrected chi connectivity index (χ0v) is 8.17. The Morgan fingerprint density at radius 2 is 2.15 bits per heavy atom. The maximum atomic E-state index is 5.40. The lowest BCUT2D eigenvalue weighted by Gasteiger charge is -1.84. The summed E-state index contributed by atoms with van der Waals surface area (Å²) in [5.41, 5.74) is 0. The summed E-state index contributed by atoms with van der Waals surface area (Å²) in [4.78, 5) is 1.24. The van der Waals surface area contributed by atoms with Crippen molar-refractivity contribution in [2.24, 2.45) is 0 Å². The SMILES string of the molecule is Cc1ccc(/C=C/c2cccs2)o1. The lowest BCUT2D eigenvalue weighted by Crippen LogP contribution is -1.60. The Morgan fingerprint density at radius 1 is 1.23 bits per heavy atom. The number of rotatable bonds is 2. The smallest absolute Gasteiger partial charge is 0.127 e. The second-order valence-electron chi connectivity index (χ2n) is 2.80. The van der Waals surface area contributed by atoms with Crippen molar-refractivity contribution in [1.82, 2.24) is 0 Å². The number of aryl methyl sites for hydroxylation is 1. The Labute approximate surface area is 81.3 Å². The van der Waals surface area contributed by atoms with E-state index in [0.29, 0.717) is 0 Å². The van der Waals surface area contributed by atoms with E-state index in [9.17, 15) is 0 Å². The quantitative estimate of drug-likeness (QED) is 0.701. The monoisotopic (exact) mass is 190 g/mol. The summed E-state index contributed by atoms with van der Waals surface area (Å²) < 4.78 is 5.40. The highest BCUT2D eigenvalue weighted by Gasteiger charge is 1.92. The minimum absolute atomic E-state index is 0.908. The summed E-state index contributed by atoms with van der Waals surface area (Å²) >= 11 is 1.72. The van der Waals surface area contributed by atoms with Gasteiger partial charge in [0.2, 0.25) is 0 Å². The van der Waals surface area contributed by atoms with Crippen molar-refractivity contribution >= 4 is 23.5 Å². The third kappa shape index (κ3) is 2.10. The van der Waals surface area contributed by atoms with Crippen LogP contribution in [0.4, 0.5) is 0 Å². The van der Waals surface area contributed by atoms with Gasteiger partial charge in [-0.3, -0.25) is 0 Å². The Hall–Kier alpha value is -1.28. The van der Waals surface area contributed by atoms with Gasteiger partial charge in [0.05, 0.1) is 0 Å². The van der Waals surface area contributed by atoms with E-state index in [1.165, 1.54) is 4.88 Å². The van der Waals surface area contributed by atoms with Gasteiger partial charge in [0.1, 0.15) is 11.5 Å². The van der Waals surface area contributed by atoms with Crippen molar-refractivity contribution in [1.29, 1.82) is 0 Å². The zero-order chi connectivity index (χ0) is 9.10. The van der Waals surface area contributed by atoms with Gasteiger partial charge in [0.15, 0.2) is 0 Å². The van der Waals surface area contributed by atoms with Gasteiger partial charge >= 0.3 is 0 Å². The molecule has 0 aliphatic rings. The summed E-state index contributed by atoms with van der Waals surface area (Å²) in [5.74, 6) is 1.86. The van der Waals surface area contributed by atoms with Gasteiger partial charge < -0.3 is 4.42 Å². The second-order valence-corrected chi connectivity index (χ2v) is 3.78. The summed E-state index contributed by atoms with van der Waals surface area (Å²) in [7, 11) is 0. The molecule has 0 aromatic carbocycles. The summed E-state index contributed by atoms with van der Waals surface area (Å²) in [6.45, 7) is 1.95. The highest BCUT2D eigenvalue weighted by Crippen LogP contribution is 2.14. The standard InChI is InChI=1S/C11H10OS/c1-9-4-5-10(12-9)6-7-11-3-2-8-13-11/h2-8H,1H3/b7-6+. The van der Waals surface area contributed by atoms with E-state index < -0.39 is 0 Å². The maximum Gasteiger partial charge on any atom is 0.127 e. The average Bonchev–Trinajstić information content (AvgIpc) is 2.71. The Balaban J connectivity index is 2.14. The first kappa shape index (κ1) is 8.32. The van der Waals surface area contributed by atoms with Crippen molar-refractivity contribution in [2.75, 3.05) is 0 Å². The number of furan rings is 1. The fourth-order valence-corrected chi connectivity index (χ4v) is 1.71. The van der Waals surface area contributed by atoms with Crippen molar-refractivity contribution in [3.63, 3.8) is 0 Å². The van der Waals surface area contributed by atoms with Crippen LogP contribution in [0.2, 0.25) is 0 Å². The van der Waals surface area contributed by atoms with Gasteiger partial charge in [-0.05, 0) is 42.7 Å². The number of hydrogen-bond acceptors (Lipinski definition) is 2. The molecule has 1 nitrogen and oxygen atoms in total. The van der Waals surface area contributed by atoms with Crippen LogP contribution in [0.5, 0.6) is 0 Å². The minimum atomic E-state index is 0.908. The predicted molar refractivity (Wildman–Crippen MR) is 56.7 cm³/mol. The third-order valence-electron chi connectivity index (χ3n) is 1.72. The molecule has 0 unspecified atom stereocenters. The zero-order valence-electron chi connectivity index (χ0n) is 7.36. The molecule has 2 aromatic rings. The summed E-state index contributed by atoms with van der Waals surface area (Å²) in [5, 5.41) is 2.06. The average molecular weight is 190 g/mol. The normalized spacial score (nSPS) is 11.2. The largest absolute Gasteiger partial charge is 0.462 e. The third-order valence-corrected chi connectivity index (χ3v) is 2.55. The molecule has 0 saturated carbocycles. The highest BCUT2D eigenvalue weighted by molar-refractivity contribution is 7.10. The van der Waals surface area contributed by atoms with Crippen molar-refractivity contribution < 1.29 is 4.42 Å². The Morgan fingerprint density at radius 3 is 2.77 bits per heavy atom. The van der Waals surface area contributed by atoms with Gasteiger partial charge in [-0.25, -0.2) is 0 Å². The van der Waals surface area contributed by atoms with Crippen molar-refractivity contribution in [3.05, 3.63) is 46.0 Å². The fraction of sp³-hybridized carbons (Fsp3) is 0.0909. The van der Waals surface area contributed by atoms with Crippen LogP contribution >= 0.6 is 11.3 Å². The number of hydrogen-bond donors (Lipinski definition) is 0. The van der Waals surface area contributed by atoms with Gasteiger partial charge in [-0.2, -0.15) is 0 Å². The van der Waals surface area contributed by atoms with Crippen LogP contribution in [-0.2, 0) is 0 Å². The second kappa shape index (κ2) is 3.62. The molecule has 0 saturated heterocycles.